The van der Waals surface area contributed by atoms with E-state index in [4.69, 9.17) is 5.11 Å². The lowest BCUT2D eigenvalue weighted by atomic mass is 10.2. The molecule has 1 amide bonds. The van der Waals surface area contributed by atoms with Gasteiger partial charge in [0.25, 0.3) is 0 Å². The van der Waals surface area contributed by atoms with E-state index in [1.807, 2.05) is 13.8 Å². The molecule has 0 saturated carbocycles. The molecule has 0 fully saturated rings. The van der Waals surface area contributed by atoms with Crippen LogP contribution in [0.15, 0.2) is 29.2 Å². The topological polar surface area (TPSA) is 66.4 Å². The maximum absolute atomic E-state index is 11.7. The molecule has 0 aliphatic rings. The maximum atomic E-state index is 11.7. The molecule has 0 bridgehead atoms. The second-order valence-corrected chi connectivity index (χ2v) is 5.19. The number of carboxylic acid groups (broad SMARTS) is 1. The molecule has 0 radical (unpaired) electrons. The van der Waals surface area contributed by atoms with E-state index in [2.05, 4.69) is 5.32 Å². The molecule has 1 aromatic rings. The number of hydrogen-bond donors (Lipinski definition) is 2. The minimum absolute atomic E-state index is 0.0566. The lowest BCUT2D eigenvalue weighted by molar-refractivity contribution is -0.119. The Morgan fingerprint density at radius 3 is 2.47 bits per heavy atom. The van der Waals surface area contributed by atoms with E-state index in [0.717, 1.165) is 12.8 Å². The number of carbonyl (C=O) groups is 2. The van der Waals surface area contributed by atoms with Crippen LogP contribution in [0.5, 0.6) is 0 Å². The number of rotatable bonds is 7. The van der Waals surface area contributed by atoms with Gasteiger partial charge in [0, 0.05) is 10.9 Å². The Labute approximate surface area is 117 Å². The molecule has 0 aliphatic carbocycles. The molecule has 5 heteroatoms. The number of nitrogens with one attached hydrogen (secondary N) is 1. The van der Waals surface area contributed by atoms with Gasteiger partial charge in [0.1, 0.15) is 0 Å². The fourth-order valence-corrected chi connectivity index (χ4v) is 2.53. The average molecular weight is 281 g/mol. The summed E-state index contributed by atoms with van der Waals surface area (Å²) in [6, 6.07) is 6.91. The van der Waals surface area contributed by atoms with Crippen molar-refractivity contribution in [1.29, 1.82) is 0 Å². The van der Waals surface area contributed by atoms with Gasteiger partial charge in [-0.1, -0.05) is 26.0 Å². The summed E-state index contributed by atoms with van der Waals surface area (Å²) < 4.78 is 0. The van der Waals surface area contributed by atoms with Gasteiger partial charge in [-0.25, -0.2) is 4.79 Å². The van der Waals surface area contributed by atoms with Crippen LogP contribution < -0.4 is 5.32 Å². The lowest BCUT2D eigenvalue weighted by Crippen LogP contribution is -2.35. The number of carbonyl (C=O) groups excluding carboxylic acids is 1. The number of amides is 1. The first-order chi connectivity index (χ1) is 9.08. The van der Waals surface area contributed by atoms with Gasteiger partial charge in [0.2, 0.25) is 5.91 Å². The minimum atomic E-state index is -0.969. The van der Waals surface area contributed by atoms with Crippen LogP contribution in [0.1, 0.15) is 37.0 Å². The Morgan fingerprint density at radius 2 is 1.89 bits per heavy atom. The smallest absolute Gasteiger partial charge is 0.336 e. The molecule has 0 unspecified atom stereocenters. The summed E-state index contributed by atoms with van der Waals surface area (Å²) in [7, 11) is 0. The summed E-state index contributed by atoms with van der Waals surface area (Å²) in [4.78, 5) is 23.4. The molecule has 4 nitrogen and oxygen atoms in total. The van der Waals surface area contributed by atoms with E-state index >= 15 is 0 Å². The first-order valence-electron chi connectivity index (χ1n) is 6.32. The van der Waals surface area contributed by atoms with Crippen molar-refractivity contribution >= 4 is 23.6 Å². The van der Waals surface area contributed by atoms with E-state index < -0.39 is 5.97 Å². The second-order valence-electron chi connectivity index (χ2n) is 4.17. The van der Waals surface area contributed by atoms with Crippen LogP contribution in [0, 0.1) is 0 Å². The molecule has 0 heterocycles. The van der Waals surface area contributed by atoms with Crippen LogP contribution in [0.2, 0.25) is 0 Å². The Balaban J connectivity index is 2.57. The Bertz CT molecular complexity index is 444. The highest BCUT2D eigenvalue weighted by atomic mass is 32.2. The Hall–Kier alpha value is -1.49. The van der Waals surface area contributed by atoms with Gasteiger partial charge >= 0.3 is 5.97 Å². The minimum Gasteiger partial charge on any atom is -0.478 e. The molecule has 0 saturated heterocycles. The van der Waals surface area contributed by atoms with Crippen molar-refractivity contribution in [2.75, 3.05) is 5.75 Å². The third-order valence-electron chi connectivity index (χ3n) is 2.83. The highest BCUT2D eigenvalue weighted by Gasteiger charge is 2.12. The summed E-state index contributed by atoms with van der Waals surface area (Å²) in [5.41, 5.74) is 0.239. The van der Waals surface area contributed by atoms with E-state index in [-0.39, 0.29) is 23.3 Å². The van der Waals surface area contributed by atoms with Crippen molar-refractivity contribution in [3.05, 3.63) is 29.8 Å². The number of carboxylic acids is 1. The first-order valence-corrected chi connectivity index (χ1v) is 7.31. The van der Waals surface area contributed by atoms with Crippen molar-refractivity contribution < 1.29 is 14.7 Å². The van der Waals surface area contributed by atoms with Crippen LogP contribution in [-0.4, -0.2) is 28.8 Å². The van der Waals surface area contributed by atoms with Gasteiger partial charge in [-0.3, -0.25) is 4.79 Å². The van der Waals surface area contributed by atoms with Crippen LogP contribution >= 0.6 is 11.8 Å². The van der Waals surface area contributed by atoms with E-state index in [1.165, 1.54) is 11.8 Å². The highest BCUT2D eigenvalue weighted by Crippen LogP contribution is 2.22. The van der Waals surface area contributed by atoms with E-state index in [1.54, 1.807) is 24.3 Å². The molecule has 1 aromatic carbocycles. The zero-order valence-electron chi connectivity index (χ0n) is 11.2. The predicted octanol–water partition coefficient (Wildman–Crippen LogP) is 2.78. The number of thioether (sulfide) groups is 1. The normalized spacial score (nSPS) is 10.5. The van der Waals surface area contributed by atoms with Crippen molar-refractivity contribution in [3.63, 3.8) is 0 Å². The standard InChI is InChI=1S/C14H19NO3S/c1-3-10(4-2)15-13(16)9-19-12-8-6-5-7-11(12)14(17)18/h5-8,10H,3-4,9H2,1-2H3,(H,15,16)(H,17,18). The van der Waals surface area contributed by atoms with Crippen molar-refractivity contribution in [1.82, 2.24) is 5.32 Å². The summed E-state index contributed by atoms with van der Waals surface area (Å²) in [6.45, 7) is 4.06. The van der Waals surface area contributed by atoms with Crippen LogP contribution in [0.3, 0.4) is 0 Å². The van der Waals surface area contributed by atoms with Crippen molar-refractivity contribution in [3.8, 4) is 0 Å². The molecule has 2 N–H and O–H groups in total. The Morgan fingerprint density at radius 1 is 1.26 bits per heavy atom. The van der Waals surface area contributed by atoms with Gasteiger partial charge in [-0.05, 0) is 25.0 Å². The largest absolute Gasteiger partial charge is 0.478 e. The lowest BCUT2D eigenvalue weighted by Gasteiger charge is -2.14. The Kier molecular flexibility index (Phi) is 6.42. The molecule has 0 spiro atoms. The van der Waals surface area contributed by atoms with Crippen molar-refractivity contribution in [2.45, 2.75) is 37.6 Å². The first kappa shape index (κ1) is 15.6. The monoisotopic (exact) mass is 281 g/mol. The van der Waals surface area contributed by atoms with Crippen LogP contribution in [0.25, 0.3) is 0 Å². The molecule has 0 atom stereocenters. The molecule has 104 valence electrons. The second kappa shape index (κ2) is 7.84. The fourth-order valence-electron chi connectivity index (χ4n) is 1.67. The third kappa shape index (κ3) is 4.95. The fraction of sp³-hybridized carbons (Fsp3) is 0.429. The maximum Gasteiger partial charge on any atom is 0.336 e. The average Bonchev–Trinajstić information content (AvgIpc) is 2.42. The number of aromatic carboxylic acids is 1. The molecule has 1 rings (SSSR count). The zero-order valence-corrected chi connectivity index (χ0v) is 12.0. The molecule has 19 heavy (non-hydrogen) atoms. The third-order valence-corrected chi connectivity index (χ3v) is 3.90. The predicted molar refractivity (Wildman–Crippen MR) is 76.6 cm³/mol. The van der Waals surface area contributed by atoms with Gasteiger partial charge in [-0.15, -0.1) is 11.8 Å². The quantitative estimate of drug-likeness (QED) is 0.754. The summed E-state index contributed by atoms with van der Waals surface area (Å²) >= 11 is 1.25. The zero-order chi connectivity index (χ0) is 14.3. The number of benzene rings is 1. The van der Waals surface area contributed by atoms with Gasteiger partial charge < -0.3 is 10.4 Å². The number of hydrogen-bond acceptors (Lipinski definition) is 3. The van der Waals surface area contributed by atoms with Gasteiger partial charge in [0.05, 0.1) is 11.3 Å². The summed E-state index contributed by atoms with van der Waals surface area (Å²) in [6.07, 6.45) is 1.80. The summed E-state index contributed by atoms with van der Waals surface area (Å²) in [5, 5.41) is 12.0. The highest BCUT2D eigenvalue weighted by molar-refractivity contribution is 8.00. The van der Waals surface area contributed by atoms with Crippen LogP contribution in [0.4, 0.5) is 0 Å². The molecule has 0 aromatic heterocycles. The molecule has 0 aliphatic heterocycles. The molecular formula is C14H19NO3S. The van der Waals surface area contributed by atoms with Gasteiger partial charge in [0.15, 0.2) is 0 Å². The SMILES string of the molecule is CCC(CC)NC(=O)CSc1ccccc1C(=O)O. The van der Waals surface area contributed by atoms with Crippen LogP contribution in [-0.2, 0) is 4.79 Å². The van der Waals surface area contributed by atoms with Crippen molar-refractivity contribution in [2.24, 2.45) is 0 Å². The van der Waals surface area contributed by atoms with E-state index in [0.29, 0.717) is 4.90 Å². The van der Waals surface area contributed by atoms with Gasteiger partial charge in [-0.2, -0.15) is 0 Å². The summed E-state index contributed by atoms with van der Waals surface area (Å²) in [5.74, 6) is -0.789. The molecular weight excluding hydrogens is 262 g/mol. The van der Waals surface area contributed by atoms with E-state index in [9.17, 15) is 9.59 Å².